The minimum atomic E-state index is 0.886. The summed E-state index contributed by atoms with van der Waals surface area (Å²) >= 11 is 0. The maximum absolute atomic E-state index is 4.32. The highest BCUT2D eigenvalue weighted by atomic mass is 15.1. The fraction of sp³-hybridized carbons (Fsp3) is 0.0909. The molecule has 0 aliphatic heterocycles. The molecule has 0 unspecified atom stereocenters. The molecule has 0 radical (unpaired) electrons. The summed E-state index contributed by atoms with van der Waals surface area (Å²) in [5.41, 5.74) is 5.80. The number of aromatic amines is 2. The average Bonchev–Trinajstić information content (AvgIpc) is 2.87. The molecule has 15 heavy (non-hydrogen) atoms. The van der Waals surface area contributed by atoms with Crippen molar-refractivity contribution in [1.82, 2.24) is 20.2 Å². The summed E-state index contributed by atoms with van der Waals surface area (Å²) in [6.07, 6.45) is 6.70. The molecule has 0 saturated heterocycles. The van der Waals surface area contributed by atoms with Crippen LogP contribution in [0.3, 0.4) is 0 Å². The monoisotopic (exact) mass is 196 g/mol. The van der Waals surface area contributed by atoms with Crippen LogP contribution in [0.1, 0.15) is 11.3 Å². The van der Waals surface area contributed by atoms with Crippen molar-refractivity contribution >= 4 is 11.0 Å². The zero-order valence-electron chi connectivity index (χ0n) is 7.91. The van der Waals surface area contributed by atoms with Gasteiger partial charge in [-0.25, -0.2) is 4.98 Å². The van der Waals surface area contributed by atoms with Gasteiger partial charge >= 0.3 is 0 Å². The molecule has 3 aromatic heterocycles. The van der Waals surface area contributed by atoms with Crippen molar-refractivity contribution in [2.75, 3.05) is 0 Å². The smallest absolute Gasteiger partial charge is 0.138 e. The van der Waals surface area contributed by atoms with E-state index in [0.29, 0.717) is 0 Å². The molecule has 4 heteroatoms. The van der Waals surface area contributed by atoms with E-state index in [1.54, 1.807) is 0 Å². The van der Waals surface area contributed by atoms with Crippen LogP contribution in [0.5, 0.6) is 0 Å². The fourth-order valence-corrected chi connectivity index (χ4v) is 2.35. The number of hydrogen-bond donors (Lipinski definition) is 2. The molecule has 1 aliphatic rings. The maximum Gasteiger partial charge on any atom is 0.138 e. The summed E-state index contributed by atoms with van der Waals surface area (Å²) in [6.45, 7) is 0. The first kappa shape index (κ1) is 7.23. The Bertz CT molecular complexity index is 662. The molecule has 0 amide bonds. The Morgan fingerprint density at radius 1 is 1.20 bits per heavy atom. The normalized spacial score (nSPS) is 13.1. The van der Waals surface area contributed by atoms with E-state index in [1.165, 1.54) is 22.1 Å². The van der Waals surface area contributed by atoms with Crippen LogP contribution in [-0.4, -0.2) is 20.2 Å². The van der Waals surface area contributed by atoms with Crippen molar-refractivity contribution in [2.45, 2.75) is 6.42 Å². The Labute approximate surface area is 85.4 Å². The summed E-state index contributed by atoms with van der Waals surface area (Å²) in [4.78, 5) is 7.51. The lowest BCUT2D eigenvalue weighted by molar-refractivity contribution is 0.998. The van der Waals surface area contributed by atoms with Gasteiger partial charge in [0, 0.05) is 36.0 Å². The van der Waals surface area contributed by atoms with Crippen LogP contribution in [-0.2, 0) is 6.42 Å². The predicted molar refractivity (Wildman–Crippen MR) is 56.5 cm³/mol. The Balaban J connectivity index is 2.25. The zero-order valence-corrected chi connectivity index (χ0v) is 7.91. The third kappa shape index (κ3) is 0.771. The largest absolute Gasteiger partial charge is 0.346 e. The van der Waals surface area contributed by atoms with Crippen LogP contribution in [0.25, 0.3) is 22.2 Å². The molecule has 0 spiro atoms. The van der Waals surface area contributed by atoms with E-state index < -0.39 is 0 Å². The number of rotatable bonds is 0. The molecule has 0 aromatic carbocycles. The van der Waals surface area contributed by atoms with E-state index >= 15 is 0 Å². The highest BCUT2D eigenvalue weighted by Crippen LogP contribution is 2.37. The summed E-state index contributed by atoms with van der Waals surface area (Å²) in [7, 11) is 0. The lowest BCUT2D eigenvalue weighted by Crippen LogP contribution is -1.97. The van der Waals surface area contributed by atoms with Gasteiger partial charge in [-0.2, -0.15) is 5.10 Å². The van der Waals surface area contributed by atoms with Gasteiger partial charge in [0.25, 0.3) is 0 Å². The van der Waals surface area contributed by atoms with Crippen molar-refractivity contribution in [3.63, 3.8) is 0 Å². The van der Waals surface area contributed by atoms with E-state index in [1.807, 2.05) is 24.7 Å². The first-order chi connectivity index (χ1) is 7.43. The molecule has 3 heterocycles. The topological polar surface area (TPSA) is 57.4 Å². The molecule has 1 aliphatic carbocycles. The minimum absolute atomic E-state index is 0.886. The van der Waals surface area contributed by atoms with Gasteiger partial charge in [0.05, 0.1) is 5.69 Å². The Kier molecular flexibility index (Phi) is 1.10. The van der Waals surface area contributed by atoms with Gasteiger partial charge in [0.1, 0.15) is 5.65 Å². The highest BCUT2D eigenvalue weighted by molar-refractivity contribution is 5.98. The van der Waals surface area contributed by atoms with Gasteiger partial charge in [-0.1, -0.05) is 0 Å². The van der Waals surface area contributed by atoms with E-state index in [9.17, 15) is 0 Å². The zero-order chi connectivity index (χ0) is 9.83. The van der Waals surface area contributed by atoms with E-state index in [2.05, 4.69) is 20.2 Å². The second-order valence-electron chi connectivity index (χ2n) is 3.82. The van der Waals surface area contributed by atoms with Crippen LogP contribution in [0.4, 0.5) is 0 Å². The summed E-state index contributed by atoms with van der Waals surface area (Å²) in [5.74, 6) is 0. The van der Waals surface area contributed by atoms with Crippen LogP contribution < -0.4 is 0 Å². The van der Waals surface area contributed by atoms with Gasteiger partial charge < -0.3 is 4.98 Å². The Morgan fingerprint density at radius 3 is 3.20 bits per heavy atom. The second-order valence-corrected chi connectivity index (χ2v) is 3.82. The molecule has 0 fully saturated rings. The van der Waals surface area contributed by atoms with Gasteiger partial charge in [0.15, 0.2) is 0 Å². The van der Waals surface area contributed by atoms with Crippen LogP contribution in [0, 0.1) is 0 Å². The third-order valence-corrected chi connectivity index (χ3v) is 3.02. The number of aromatic nitrogens is 4. The van der Waals surface area contributed by atoms with Gasteiger partial charge in [-0.3, -0.25) is 5.10 Å². The van der Waals surface area contributed by atoms with Gasteiger partial charge in [-0.15, -0.1) is 0 Å². The number of nitrogens with zero attached hydrogens (tertiary/aromatic N) is 2. The molecule has 72 valence electrons. The standard InChI is InChI=1S/C11H8N4/c1-2-12-11-10-6(4-13-11)3-9-8(7(1)10)5-14-15-9/h1-2,4-5H,3H2,(H,12,13)(H,14,15). The summed E-state index contributed by atoms with van der Waals surface area (Å²) < 4.78 is 0. The van der Waals surface area contributed by atoms with Crippen LogP contribution in [0.2, 0.25) is 0 Å². The maximum atomic E-state index is 4.32. The SMILES string of the molecule is c1cc2c3c(c[nH]c3n1)Cc1n[nH]cc1-2. The fourth-order valence-electron chi connectivity index (χ4n) is 2.35. The number of hydrogen-bond acceptors (Lipinski definition) is 2. The summed E-state index contributed by atoms with van der Waals surface area (Å²) in [6, 6.07) is 2.05. The van der Waals surface area contributed by atoms with Gasteiger partial charge in [0.2, 0.25) is 0 Å². The number of pyridine rings is 1. The van der Waals surface area contributed by atoms with Crippen molar-refractivity contribution in [1.29, 1.82) is 0 Å². The van der Waals surface area contributed by atoms with Crippen LogP contribution >= 0.6 is 0 Å². The first-order valence-corrected chi connectivity index (χ1v) is 4.91. The van der Waals surface area contributed by atoms with Crippen molar-refractivity contribution in [3.05, 3.63) is 35.9 Å². The minimum Gasteiger partial charge on any atom is -0.346 e. The van der Waals surface area contributed by atoms with E-state index in [-0.39, 0.29) is 0 Å². The lowest BCUT2D eigenvalue weighted by Gasteiger charge is -2.10. The van der Waals surface area contributed by atoms with Gasteiger partial charge in [-0.05, 0) is 17.2 Å². The van der Waals surface area contributed by atoms with Crippen LogP contribution in [0.15, 0.2) is 24.7 Å². The molecular weight excluding hydrogens is 188 g/mol. The third-order valence-electron chi connectivity index (χ3n) is 3.02. The molecule has 3 aromatic rings. The van der Waals surface area contributed by atoms with E-state index in [4.69, 9.17) is 0 Å². The lowest BCUT2D eigenvalue weighted by atomic mass is 9.93. The second kappa shape index (κ2) is 2.28. The summed E-state index contributed by atoms with van der Waals surface area (Å²) in [5, 5.41) is 8.43. The Morgan fingerprint density at radius 2 is 2.20 bits per heavy atom. The van der Waals surface area contributed by atoms with Crippen molar-refractivity contribution < 1.29 is 0 Å². The van der Waals surface area contributed by atoms with Crippen molar-refractivity contribution in [2.24, 2.45) is 0 Å². The molecule has 0 bridgehead atoms. The highest BCUT2D eigenvalue weighted by Gasteiger charge is 2.21. The molecule has 2 N–H and O–H groups in total. The quantitative estimate of drug-likeness (QED) is 0.451. The number of fused-ring (bicyclic) bond motifs is 2. The molecule has 4 rings (SSSR count). The molecule has 0 atom stereocenters. The Hall–Kier alpha value is -2.10. The average molecular weight is 196 g/mol. The molecule has 4 nitrogen and oxygen atoms in total. The number of nitrogens with one attached hydrogen (secondary N) is 2. The molecular formula is C11H8N4. The molecule has 0 saturated carbocycles. The van der Waals surface area contributed by atoms with E-state index in [0.717, 1.165) is 17.8 Å². The first-order valence-electron chi connectivity index (χ1n) is 4.91. The number of H-pyrrole nitrogens is 2. The van der Waals surface area contributed by atoms with Crippen molar-refractivity contribution in [3.8, 4) is 11.1 Å². The predicted octanol–water partition coefficient (Wildman–Crippen LogP) is 1.86.